The van der Waals surface area contributed by atoms with Gasteiger partial charge in [-0.2, -0.15) is 4.37 Å². The molecule has 1 fully saturated rings. The summed E-state index contributed by atoms with van der Waals surface area (Å²) < 4.78 is 4.44. The molecule has 1 aliphatic carbocycles. The number of nitrogens with one attached hydrogen (secondary N) is 1. The van der Waals surface area contributed by atoms with E-state index in [2.05, 4.69) is 35.4 Å². The van der Waals surface area contributed by atoms with Crippen LogP contribution >= 0.6 is 11.5 Å². The van der Waals surface area contributed by atoms with Crippen LogP contribution in [0.5, 0.6) is 0 Å². The first-order valence-corrected chi connectivity index (χ1v) is 7.44. The molecule has 1 N–H and O–H groups in total. The molecule has 1 aliphatic rings. The van der Waals surface area contributed by atoms with E-state index < -0.39 is 0 Å². The molecule has 1 aromatic rings. The Morgan fingerprint density at radius 1 is 1.12 bits per heavy atom. The van der Waals surface area contributed by atoms with Crippen molar-refractivity contribution in [3.8, 4) is 0 Å². The molecule has 0 atom stereocenters. The summed E-state index contributed by atoms with van der Waals surface area (Å²) in [7, 11) is 0. The van der Waals surface area contributed by atoms with Crippen LogP contribution in [0.1, 0.15) is 65.1 Å². The van der Waals surface area contributed by atoms with Crippen molar-refractivity contribution in [1.29, 1.82) is 0 Å². The van der Waals surface area contributed by atoms with Crippen LogP contribution in [0, 0.1) is 0 Å². The second-order valence-corrected chi connectivity index (χ2v) is 6.76. The Kier molecular flexibility index (Phi) is 4.02. The Balaban J connectivity index is 1.96. The Labute approximate surface area is 108 Å². The first kappa shape index (κ1) is 12.8. The van der Waals surface area contributed by atoms with Gasteiger partial charge in [-0.05, 0) is 12.8 Å². The SMILES string of the molecule is CC(C)(C)c1nsc(NC2CCCCCC2)n1. The molecule has 1 saturated carbocycles. The van der Waals surface area contributed by atoms with E-state index in [4.69, 9.17) is 0 Å². The van der Waals surface area contributed by atoms with E-state index in [0.29, 0.717) is 6.04 Å². The van der Waals surface area contributed by atoms with E-state index in [-0.39, 0.29) is 5.41 Å². The maximum absolute atomic E-state index is 4.60. The second-order valence-electron chi connectivity index (χ2n) is 6.01. The van der Waals surface area contributed by atoms with Crippen molar-refractivity contribution in [2.24, 2.45) is 0 Å². The average Bonchev–Trinajstić information content (AvgIpc) is 2.56. The topological polar surface area (TPSA) is 37.8 Å². The van der Waals surface area contributed by atoms with Crippen LogP contribution in [-0.4, -0.2) is 15.4 Å². The summed E-state index contributed by atoms with van der Waals surface area (Å²) in [5, 5.41) is 4.56. The predicted molar refractivity (Wildman–Crippen MR) is 73.7 cm³/mol. The van der Waals surface area contributed by atoms with Crippen LogP contribution in [0.3, 0.4) is 0 Å². The van der Waals surface area contributed by atoms with Crippen molar-refractivity contribution in [3.63, 3.8) is 0 Å². The van der Waals surface area contributed by atoms with Crippen LogP contribution in [0.25, 0.3) is 0 Å². The fourth-order valence-electron chi connectivity index (χ4n) is 2.19. The number of nitrogens with zero attached hydrogens (tertiary/aromatic N) is 2. The van der Waals surface area contributed by atoms with Crippen molar-refractivity contribution >= 4 is 16.7 Å². The molecule has 0 spiro atoms. The highest BCUT2D eigenvalue weighted by atomic mass is 32.1. The molecule has 0 amide bonds. The highest BCUT2D eigenvalue weighted by molar-refractivity contribution is 7.09. The number of aromatic nitrogens is 2. The molecular weight excluding hydrogens is 230 g/mol. The van der Waals surface area contributed by atoms with Gasteiger partial charge >= 0.3 is 0 Å². The maximum atomic E-state index is 4.60. The molecule has 4 heteroatoms. The van der Waals surface area contributed by atoms with Crippen LogP contribution in [0.4, 0.5) is 5.13 Å². The summed E-state index contributed by atoms with van der Waals surface area (Å²) in [5.41, 5.74) is 0.0554. The molecule has 0 aliphatic heterocycles. The van der Waals surface area contributed by atoms with E-state index in [0.717, 1.165) is 11.0 Å². The third kappa shape index (κ3) is 3.66. The Morgan fingerprint density at radius 3 is 2.29 bits per heavy atom. The van der Waals surface area contributed by atoms with Crippen molar-refractivity contribution in [3.05, 3.63) is 5.82 Å². The van der Waals surface area contributed by atoms with Crippen molar-refractivity contribution in [2.45, 2.75) is 70.8 Å². The smallest absolute Gasteiger partial charge is 0.202 e. The third-order valence-electron chi connectivity index (χ3n) is 3.28. The van der Waals surface area contributed by atoms with Crippen molar-refractivity contribution in [1.82, 2.24) is 9.36 Å². The minimum Gasteiger partial charge on any atom is -0.358 e. The normalized spacial score (nSPS) is 19.0. The van der Waals surface area contributed by atoms with E-state index in [1.807, 2.05) is 0 Å². The first-order chi connectivity index (χ1) is 8.05. The van der Waals surface area contributed by atoms with Crippen LogP contribution in [0.2, 0.25) is 0 Å². The van der Waals surface area contributed by atoms with Gasteiger partial charge in [0.2, 0.25) is 5.13 Å². The summed E-state index contributed by atoms with van der Waals surface area (Å²) in [6, 6.07) is 0.610. The predicted octanol–water partition coefficient (Wildman–Crippen LogP) is 3.97. The summed E-state index contributed by atoms with van der Waals surface area (Å²) in [6.07, 6.45) is 8.04. The zero-order valence-corrected chi connectivity index (χ0v) is 11.9. The standard InChI is InChI=1S/C13H23N3S/c1-13(2,3)11-15-12(17-16-11)14-10-8-6-4-5-7-9-10/h10H,4-9H2,1-3H3,(H,14,15,16). The maximum Gasteiger partial charge on any atom is 0.202 e. The lowest BCUT2D eigenvalue weighted by Crippen LogP contribution is -2.18. The van der Waals surface area contributed by atoms with E-state index >= 15 is 0 Å². The van der Waals surface area contributed by atoms with Gasteiger partial charge in [-0.25, -0.2) is 4.98 Å². The average molecular weight is 253 g/mol. The highest BCUT2D eigenvalue weighted by Crippen LogP contribution is 2.25. The summed E-state index contributed by atoms with van der Waals surface area (Å²) in [6.45, 7) is 6.47. The fourth-order valence-corrected chi connectivity index (χ4v) is 3.02. The second kappa shape index (κ2) is 5.34. The van der Waals surface area contributed by atoms with Crippen molar-refractivity contribution in [2.75, 3.05) is 5.32 Å². The molecule has 0 aromatic carbocycles. The molecule has 1 aromatic heterocycles. The molecule has 3 nitrogen and oxygen atoms in total. The van der Waals surface area contributed by atoms with Gasteiger partial charge in [0.15, 0.2) is 0 Å². The zero-order chi connectivity index (χ0) is 12.3. The molecule has 0 saturated heterocycles. The molecule has 17 heavy (non-hydrogen) atoms. The monoisotopic (exact) mass is 253 g/mol. The fraction of sp³-hybridized carbons (Fsp3) is 0.846. The number of rotatable bonds is 2. The Bertz CT molecular complexity index is 346. The summed E-state index contributed by atoms with van der Waals surface area (Å²) in [4.78, 5) is 4.60. The molecule has 2 rings (SSSR count). The van der Waals surface area contributed by atoms with E-state index in [9.17, 15) is 0 Å². The summed E-state index contributed by atoms with van der Waals surface area (Å²) in [5.74, 6) is 0.957. The molecule has 0 bridgehead atoms. The van der Waals surface area contributed by atoms with Gasteiger partial charge in [-0.1, -0.05) is 46.5 Å². The minimum atomic E-state index is 0.0554. The molecule has 1 heterocycles. The number of hydrogen-bond acceptors (Lipinski definition) is 4. The third-order valence-corrected chi connectivity index (χ3v) is 3.93. The lowest BCUT2D eigenvalue weighted by atomic mass is 9.96. The highest BCUT2D eigenvalue weighted by Gasteiger charge is 2.20. The van der Waals surface area contributed by atoms with Gasteiger partial charge in [0, 0.05) is 23.0 Å². The lowest BCUT2D eigenvalue weighted by molar-refractivity contribution is 0.554. The van der Waals surface area contributed by atoms with Crippen molar-refractivity contribution < 1.29 is 0 Å². The minimum absolute atomic E-state index is 0.0554. The van der Waals surface area contributed by atoms with Crippen LogP contribution in [-0.2, 0) is 5.41 Å². The van der Waals surface area contributed by atoms with Gasteiger partial charge in [0.05, 0.1) is 0 Å². The van der Waals surface area contributed by atoms with Gasteiger partial charge in [-0.15, -0.1) is 0 Å². The largest absolute Gasteiger partial charge is 0.358 e. The lowest BCUT2D eigenvalue weighted by Gasteiger charge is -2.15. The zero-order valence-electron chi connectivity index (χ0n) is 11.1. The van der Waals surface area contributed by atoms with Crippen LogP contribution < -0.4 is 5.32 Å². The molecule has 0 radical (unpaired) electrons. The van der Waals surface area contributed by atoms with E-state index in [1.54, 1.807) is 0 Å². The Morgan fingerprint density at radius 2 is 1.76 bits per heavy atom. The Hall–Kier alpha value is -0.640. The first-order valence-electron chi connectivity index (χ1n) is 6.66. The van der Waals surface area contributed by atoms with Gasteiger partial charge in [-0.3, -0.25) is 0 Å². The molecular formula is C13H23N3S. The quantitative estimate of drug-likeness (QED) is 0.810. The molecule has 0 unspecified atom stereocenters. The van der Waals surface area contributed by atoms with Gasteiger partial charge < -0.3 is 5.32 Å². The number of anilines is 1. The number of hydrogen-bond donors (Lipinski definition) is 1. The van der Waals surface area contributed by atoms with Gasteiger partial charge in [0.1, 0.15) is 5.82 Å². The van der Waals surface area contributed by atoms with Gasteiger partial charge in [0.25, 0.3) is 0 Å². The van der Waals surface area contributed by atoms with E-state index in [1.165, 1.54) is 50.1 Å². The summed E-state index contributed by atoms with van der Waals surface area (Å²) >= 11 is 1.50. The molecule has 96 valence electrons. The van der Waals surface area contributed by atoms with Crippen LogP contribution in [0.15, 0.2) is 0 Å².